The van der Waals surface area contributed by atoms with E-state index in [0.29, 0.717) is 5.56 Å². The SMILES string of the molecule is CC(=O)Oc1ccc(C(=O)N[C@@H](Cc2ccc(F)cc2)C(=O)O)cc1. The number of nitrogens with one attached hydrogen (secondary N) is 1. The highest BCUT2D eigenvalue weighted by Crippen LogP contribution is 2.13. The second kappa shape index (κ2) is 8.05. The Morgan fingerprint density at radius 2 is 1.68 bits per heavy atom. The third-order valence-corrected chi connectivity index (χ3v) is 3.33. The number of esters is 1. The number of hydrogen-bond acceptors (Lipinski definition) is 4. The third kappa shape index (κ3) is 5.42. The van der Waals surface area contributed by atoms with E-state index in [9.17, 15) is 23.9 Å². The van der Waals surface area contributed by atoms with Crippen molar-refractivity contribution < 1.29 is 28.6 Å². The van der Waals surface area contributed by atoms with Crippen LogP contribution in [0.4, 0.5) is 4.39 Å². The first kappa shape index (κ1) is 18.1. The van der Waals surface area contributed by atoms with Crippen LogP contribution in [0.5, 0.6) is 5.75 Å². The minimum Gasteiger partial charge on any atom is -0.480 e. The van der Waals surface area contributed by atoms with Crippen molar-refractivity contribution in [3.63, 3.8) is 0 Å². The van der Waals surface area contributed by atoms with Gasteiger partial charge in [0.05, 0.1) is 0 Å². The molecule has 0 spiro atoms. The quantitative estimate of drug-likeness (QED) is 0.618. The topological polar surface area (TPSA) is 92.7 Å². The number of carbonyl (C=O) groups excluding carboxylic acids is 2. The molecule has 0 aliphatic heterocycles. The van der Waals surface area contributed by atoms with Crippen LogP contribution in [0.1, 0.15) is 22.8 Å². The molecule has 0 aliphatic rings. The molecule has 2 aromatic carbocycles. The molecule has 0 bridgehead atoms. The fourth-order valence-electron chi connectivity index (χ4n) is 2.14. The van der Waals surface area contributed by atoms with Gasteiger partial charge in [-0.15, -0.1) is 0 Å². The van der Waals surface area contributed by atoms with Crippen LogP contribution in [-0.4, -0.2) is 29.0 Å². The summed E-state index contributed by atoms with van der Waals surface area (Å²) in [5.41, 5.74) is 0.806. The average molecular weight is 345 g/mol. The van der Waals surface area contributed by atoms with Crippen LogP contribution in [0, 0.1) is 5.82 Å². The monoisotopic (exact) mass is 345 g/mol. The predicted octanol–water partition coefficient (Wildman–Crippen LogP) is 2.18. The van der Waals surface area contributed by atoms with Gasteiger partial charge in [0.25, 0.3) is 5.91 Å². The first-order valence-corrected chi connectivity index (χ1v) is 7.42. The standard InChI is InChI=1S/C18H16FNO5/c1-11(21)25-15-8-4-13(5-9-15)17(22)20-16(18(23)24)10-12-2-6-14(19)7-3-12/h2-9,16H,10H2,1H3,(H,20,22)(H,23,24)/t16-/m0/s1. The highest BCUT2D eigenvalue weighted by Gasteiger charge is 2.21. The van der Waals surface area contributed by atoms with Crippen LogP contribution in [-0.2, 0) is 16.0 Å². The summed E-state index contributed by atoms with van der Waals surface area (Å²) in [5.74, 6) is -2.40. The van der Waals surface area contributed by atoms with E-state index < -0.39 is 29.7 Å². The molecule has 0 aliphatic carbocycles. The van der Waals surface area contributed by atoms with Gasteiger partial charge in [0.2, 0.25) is 0 Å². The summed E-state index contributed by atoms with van der Waals surface area (Å²) in [7, 11) is 0. The zero-order chi connectivity index (χ0) is 18.4. The lowest BCUT2D eigenvalue weighted by Crippen LogP contribution is -2.42. The van der Waals surface area contributed by atoms with Gasteiger partial charge in [-0.1, -0.05) is 12.1 Å². The molecule has 1 atom stereocenters. The maximum absolute atomic E-state index is 12.9. The lowest BCUT2D eigenvalue weighted by Gasteiger charge is -2.15. The van der Waals surface area contributed by atoms with Gasteiger partial charge >= 0.3 is 11.9 Å². The molecular weight excluding hydrogens is 329 g/mol. The molecule has 0 saturated carbocycles. The molecule has 2 aromatic rings. The van der Waals surface area contributed by atoms with Crippen LogP contribution in [0.25, 0.3) is 0 Å². The van der Waals surface area contributed by atoms with E-state index in [1.807, 2.05) is 0 Å². The van der Waals surface area contributed by atoms with Gasteiger partial charge in [0.15, 0.2) is 0 Å². The molecule has 130 valence electrons. The second-order valence-corrected chi connectivity index (χ2v) is 5.31. The first-order valence-electron chi connectivity index (χ1n) is 7.42. The number of ether oxygens (including phenoxy) is 1. The van der Waals surface area contributed by atoms with Gasteiger partial charge in [-0.05, 0) is 42.0 Å². The Hall–Kier alpha value is -3.22. The number of halogens is 1. The fraction of sp³-hybridized carbons (Fsp3) is 0.167. The molecule has 0 heterocycles. The number of rotatable bonds is 6. The number of hydrogen-bond donors (Lipinski definition) is 2. The van der Waals surface area contributed by atoms with Crippen molar-refractivity contribution >= 4 is 17.8 Å². The Morgan fingerprint density at radius 1 is 1.08 bits per heavy atom. The Balaban J connectivity index is 2.05. The summed E-state index contributed by atoms with van der Waals surface area (Å²) in [6.07, 6.45) is 0.0207. The Morgan fingerprint density at radius 3 is 2.20 bits per heavy atom. The van der Waals surface area contributed by atoms with E-state index in [2.05, 4.69) is 5.32 Å². The normalized spacial score (nSPS) is 11.4. The van der Waals surface area contributed by atoms with Crippen molar-refractivity contribution in [2.75, 3.05) is 0 Å². The number of carbonyl (C=O) groups is 3. The van der Waals surface area contributed by atoms with Crippen molar-refractivity contribution in [3.8, 4) is 5.75 Å². The van der Waals surface area contributed by atoms with Gasteiger partial charge in [-0.3, -0.25) is 9.59 Å². The molecule has 7 heteroatoms. The van der Waals surface area contributed by atoms with Crippen LogP contribution < -0.4 is 10.1 Å². The zero-order valence-electron chi connectivity index (χ0n) is 13.4. The van der Waals surface area contributed by atoms with Crippen molar-refractivity contribution in [1.29, 1.82) is 0 Å². The molecule has 0 saturated heterocycles. The van der Waals surface area contributed by atoms with Crippen LogP contribution in [0.15, 0.2) is 48.5 Å². The fourth-order valence-corrected chi connectivity index (χ4v) is 2.14. The highest BCUT2D eigenvalue weighted by molar-refractivity contribution is 5.96. The van der Waals surface area contributed by atoms with Crippen molar-refractivity contribution in [2.45, 2.75) is 19.4 Å². The van der Waals surface area contributed by atoms with E-state index in [1.54, 1.807) is 0 Å². The number of carboxylic acids is 1. The molecule has 2 rings (SSSR count). The van der Waals surface area contributed by atoms with Gasteiger partial charge in [0, 0.05) is 18.9 Å². The minimum absolute atomic E-state index is 0.0207. The molecule has 0 fully saturated rings. The number of benzene rings is 2. The van der Waals surface area contributed by atoms with E-state index in [-0.39, 0.29) is 17.7 Å². The predicted molar refractivity (Wildman–Crippen MR) is 86.7 cm³/mol. The highest BCUT2D eigenvalue weighted by atomic mass is 19.1. The second-order valence-electron chi connectivity index (χ2n) is 5.31. The lowest BCUT2D eigenvalue weighted by atomic mass is 10.1. The molecule has 6 nitrogen and oxygen atoms in total. The Kier molecular flexibility index (Phi) is 5.84. The van der Waals surface area contributed by atoms with E-state index >= 15 is 0 Å². The molecule has 1 amide bonds. The van der Waals surface area contributed by atoms with Crippen LogP contribution in [0.2, 0.25) is 0 Å². The lowest BCUT2D eigenvalue weighted by molar-refractivity contribution is -0.139. The van der Waals surface area contributed by atoms with E-state index in [4.69, 9.17) is 4.74 Å². The van der Waals surface area contributed by atoms with Crippen LogP contribution in [0.3, 0.4) is 0 Å². The maximum Gasteiger partial charge on any atom is 0.326 e. The third-order valence-electron chi connectivity index (χ3n) is 3.33. The molecule has 25 heavy (non-hydrogen) atoms. The van der Waals surface area contributed by atoms with E-state index in [1.165, 1.54) is 55.5 Å². The summed E-state index contributed by atoms with van der Waals surface area (Å²) in [4.78, 5) is 34.4. The Labute approximate surface area is 143 Å². The number of amides is 1. The maximum atomic E-state index is 12.9. The van der Waals surface area contributed by atoms with Crippen molar-refractivity contribution in [2.24, 2.45) is 0 Å². The van der Waals surface area contributed by atoms with Crippen molar-refractivity contribution in [3.05, 3.63) is 65.5 Å². The molecule has 0 aromatic heterocycles. The summed E-state index contributed by atoms with van der Waals surface area (Å²) >= 11 is 0. The summed E-state index contributed by atoms with van der Waals surface area (Å²) in [6, 6.07) is 9.93. The molecule has 0 radical (unpaired) electrons. The van der Waals surface area contributed by atoms with E-state index in [0.717, 1.165) is 0 Å². The largest absolute Gasteiger partial charge is 0.480 e. The van der Waals surface area contributed by atoms with Gasteiger partial charge in [-0.25, -0.2) is 9.18 Å². The molecule has 0 unspecified atom stereocenters. The van der Waals surface area contributed by atoms with Crippen LogP contribution >= 0.6 is 0 Å². The van der Waals surface area contributed by atoms with Gasteiger partial charge in [-0.2, -0.15) is 0 Å². The molecular formula is C18H16FNO5. The summed E-state index contributed by atoms with van der Waals surface area (Å²) < 4.78 is 17.8. The average Bonchev–Trinajstić information content (AvgIpc) is 2.56. The smallest absolute Gasteiger partial charge is 0.326 e. The summed E-state index contributed by atoms with van der Waals surface area (Å²) in [5, 5.41) is 11.7. The number of aliphatic carboxylic acids is 1. The summed E-state index contributed by atoms with van der Waals surface area (Å²) in [6.45, 7) is 1.26. The first-order chi connectivity index (χ1) is 11.8. The zero-order valence-corrected chi connectivity index (χ0v) is 13.4. The van der Waals surface area contributed by atoms with Crippen molar-refractivity contribution in [1.82, 2.24) is 5.32 Å². The number of carboxylic acid groups (broad SMARTS) is 1. The molecule has 2 N–H and O–H groups in total. The van der Waals surface area contributed by atoms with Gasteiger partial charge in [0.1, 0.15) is 17.6 Å². The van der Waals surface area contributed by atoms with Gasteiger partial charge < -0.3 is 15.2 Å². The minimum atomic E-state index is -1.20. The Bertz CT molecular complexity index is 771.